The Morgan fingerprint density at radius 2 is 2.35 bits per heavy atom. The number of rotatable bonds is 4. The van der Waals surface area contributed by atoms with Gasteiger partial charge >= 0.3 is 0 Å². The molecule has 0 aromatic carbocycles. The van der Waals surface area contributed by atoms with Crippen LogP contribution in [-0.4, -0.2) is 15.9 Å². The van der Waals surface area contributed by atoms with Crippen LogP contribution >= 0.6 is 0 Å². The largest absolute Gasteiger partial charge is 0.347 e. The second-order valence-corrected chi connectivity index (χ2v) is 5.23. The lowest BCUT2D eigenvalue weighted by molar-refractivity contribution is -0.123. The monoisotopic (exact) mass is 233 g/mol. The van der Waals surface area contributed by atoms with Gasteiger partial charge in [-0.15, -0.1) is 0 Å². The third-order valence-electron chi connectivity index (χ3n) is 4.28. The summed E-state index contributed by atoms with van der Waals surface area (Å²) >= 11 is 0. The molecule has 0 radical (unpaired) electrons. The SMILES string of the molecule is CCC(NC(=O)C1C2CCCC21)c1ncc[nH]1. The molecule has 2 fully saturated rings. The molecule has 4 nitrogen and oxygen atoms in total. The summed E-state index contributed by atoms with van der Waals surface area (Å²) in [5, 5.41) is 3.13. The molecule has 3 unspecified atom stereocenters. The van der Waals surface area contributed by atoms with Crippen molar-refractivity contribution in [1.82, 2.24) is 15.3 Å². The van der Waals surface area contributed by atoms with Crippen LogP contribution in [0.5, 0.6) is 0 Å². The van der Waals surface area contributed by atoms with Crippen molar-refractivity contribution in [2.45, 2.75) is 38.6 Å². The molecule has 2 N–H and O–H groups in total. The molecule has 1 aromatic rings. The van der Waals surface area contributed by atoms with Gasteiger partial charge in [-0.1, -0.05) is 13.3 Å². The number of carbonyl (C=O) groups excluding carboxylic acids is 1. The van der Waals surface area contributed by atoms with Crippen molar-refractivity contribution in [3.63, 3.8) is 0 Å². The quantitative estimate of drug-likeness (QED) is 0.836. The van der Waals surface area contributed by atoms with Gasteiger partial charge in [-0.25, -0.2) is 4.98 Å². The van der Waals surface area contributed by atoms with E-state index in [1.807, 2.05) is 0 Å². The molecule has 4 heteroatoms. The van der Waals surface area contributed by atoms with E-state index in [-0.39, 0.29) is 11.9 Å². The molecular weight excluding hydrogens is 214 g/mol. The standard InChI is InChI=1S/C13H19N3O/c1-2-10(12-14-6-7-15-12)16-13(17)11-8-4-3-5-9(8)11/h6-11H,2-5H2,1H3,(H,14,15)(H,16,17). The minimum atomic E-state index is 0.0406. The highest BCUT2D eigenvalue weighted by atomic mass is 16.2. The van der Waals surface area contributed by atoms with E-state index in [9.17, 15) is 4.79 Å². The first-order valence-electron chi connectivity index (χ1n) is 6.61. The van der Waals surface area contributed by atoms with Crippen LogP contribution in [0.2, 0.25) is 0 Å². The maximum atomic E-state index is 12.1. The predicted molar refractivity (Wildman–Crippen MR) is 64.1 cm³/mol. The summed E-state index contributed by atoms with van der Waals surface area (Å²) in [5.41, 5.74) is 0. The van der Waals surface area contributed by atoms with Crippen molar-refractivity contribution in [2.24, 2.45) is 17.8 Å². The van der Waals surface area contributed by atoms with Crippen molar-refractivity contribution in [2.75, 3.05) is 0 Å². The van der Waals surface area contributed by atoms with E-state index in [0.717, 1.165) is 12.2 Å². The van der Waals surface area contributed by atoms with Gasteiger partial charge in [0, 0.05) is 18.3 Å². The van der Waals surface area contributed by atoms with Gasteiger partial charge in [-0.3, -0.25) is 4.79 Å². The van der Waals surface area contributed by atoms with Gasteiger partial charge in [-0.2, -0.15) is 0 Å². The fourth-order valence-electron chi connectivity index (χ4n) is 3.31. The molecule has 17 heavy (non-hydrogen) atoms. The highest BCUT2D eigenvalue weighted by Crippen LogP contribution is 2.57. The summed E-state index contributed by atoms with van der Waals surface area (Å²) in [6, 6.07) is 0.0406. The molecule has 0 aliphatic heterocycles. The van der Waals surface area contributed by atoms with Crippen LogP contribution < -0.4 is 5.32 Å². The van der Waals surface area contributed by atoms with Crippen LogP contribution in [0.3, 0.4) is 0 Å². The number of aromatic nitrogens is 2. The molecule has 0 spiro atoms. The molecule has 3 rings (SSSR count). The average Bonchev–Trinajstić information content (AvgIpc) is 2.82. The van der Waals surface area contributed by atoms with Crippen LogP contribution in [0.1, 0.15) is 44.5 Å². The second-order valence-electron chi connectivity index (χ2n) is 5.23. The lowest BCUT2D eigenvalue weighted by atomic mass is 10.1. The molecule has 0 bridgehead atoms. The van der Waals surface area contributed by atoms with Crippen molar-refractivity contribution in [3.05, 3.63) is 18.2 Å². The van der Waals surface area contributed by atoms with Crippen molar-refractivity contribution in [1.29, 1.82) is 0 Å². The number of H-pyrrole nitrogens is 1. The first-order valence-corrected chi connectivity index (χ1v) is 6.61. The van der Waals surface area contributed by atoms with Gasteiger partial charge in [0.1, 0.15) is 5.82 Å². The number of amides is 1. The Morgan fingerprint density at radius 1 is 1.59 bits per heavy atom. The highest BCUT2D eigenvalue weighted by molar-refractivity contribution is 5.82. The van der Waals surface area contributed by atoms with Crippen molar-refractivity contribution < 1.29 is 4.79 Å². The van der Waals surface area contributed by atoms with E-state index in [2.05, 4.69) is 22.2 Å². The number of fused-ring (bicyclic) bond motifs is 1. The zero-order chi connectivity index (χ0) is 11.8. The number of imidazole rings is 1. The Balaban J connectivity index is 1.60. The summed E-state index contributed by atoms with van der Waals surface area (Å²) in [6.07, 6.45) is 8.22. The van der Waals surface area contributed by atoms with Crippen LogP contribution in [-0.2, 0) is 4.79 Å². The van der Waals surface area contributed by atoms with E-state index < -0.39 is 0 Å². The normalized spacial score (nSPS) is 31.9. The lowest BCUT2D eigenvalue weighted by Crippen LogP contribution is -2.31. The van der Waals surface area contributed by atoms with E-state index in [1.165, 1.54) is 19.3 Å². The fraction of sp³-hybridized carbons (Fsp3) is 0.692. The number of hydrogen-bond acceptors (Lipinski definition) is 2. The van der Waals surface area contributed by atoms with Gasteiger partial charge in [0.2, 0.25) is 5.91 Å². The molecule has 1 amide bonds. The Labute approximate surface area is 101 Å². The van der Waals surface area contributed by atoms with Crippen LogP contribution in [0, 0.1) is 17.8 Å². The third kappa shape index (κ3) is 1.85. The fourth-order valence-corrected chi connectivity index (χ4v) is 3.31. The predicted octanol–water partition coefficient (Wildman–Crippen LogP) is 2.02. The summed E-state index contributed by atoms with van der Waals surface area (Å²) < 4.78 is 0. The molecule has 2 aliphatic carbocycles. The van der Waals surface area contributed by atoms with Crippen LogP contribution in [0.25, 0.3) is 0 Å². The molecular formula is C13H19N3O. The van der Waals surface area contributed by atoms with Gasteiger partial charge in [0.05, 0.1) is 6.04 Å². The average molecular weight is 233 g/mol. The van der Waals surface area contributed by atoms with Crippen LogP contribution in [0.4, 0.5) is 0 Å². The van der Waals surface area contributed by atoms with E-state index in [4.69, 9.17) is 0 Å². The van der Waals surface area contributed by atoms with Gasteiger partial charge in [-0.05, 0) is 31.1 Å². The first kappa shape index (κ1) is 10.8. The highest BCUT2D eigenvalue weighted by Gasteiger charge is 2.56. The molecule has 1 heterocycles. The van der Waals surface area contributed by atoms with Crippen molar-refractivity contribution >= 4 is 5.91 Å². The number of nitrogens with zero attached hydrogens (tertiary/aromatic N) is 1. The molecule has 0 saturated heterocycles. The maximum absolute atomic E-state index is 12.1. The molecule has 92 valence electrons. The smallest absolute Gasteiger partial charge is 0.224 e. The van der Waals surface area contributed by atoms with Crippen molar-refractivity contribution in [3.8, 4) is 0 Å². The number of nitrogens with one attached hydrogen (secondary N) is 2. The van der Waals surface area contributed by atoms with E-state index >= 15 is 0 Å². The number of carbonyl (C=O) groups is 1. The Morgan fingerprint density at radius 3 is 2.94 bits per heavy atom. The summed E-state index contributed by atoms with van der Waals surface area (Å²) in [7, 11) is 0. The molecule has 3 atom stereocenters. The summed E-state index contributed by atoms with van der Waals surface area (Å²) in [4.78, 5) is 19.4. The Hall–Kier alpha value is -1.32. The molecule has 1 aromatic heterocycles. The minimum absolute atomic E-state index is 0.0406. The summed E-state index contributed by atoms with van der Waals surface area (Å²) in [5.74, 6) is 2.77. The van der Waals surface area contributed by atoms with Gasteiger partial charge in [0.15, 0.2) is 0 Å². The molecule has 2 saturated carbocycles. The molecule has 2 aliphatic rings. The van der Waals surface area contributed by atoms with Gasteiger partial charge in [0.25, 0.3) is 0 Å². The topological polar surface area (TPSA) is 57.8 Å². The Bertz CT molecular complexity index is 391. The van der Waals surface area contributed by atoms with E-state index in [1.54, 1.807) is 12.4 Å². The lowest BCUT2D eigenvalue weighted by Gasteiger charge is -2.15. The minimum Gasteiger partial charge on any atom is -0.347 e. The maximum Gasteiger partial charge on any atom is 0.224 e. The Kier molecular flexibility index (Phi) is 2.65. The first-order chi connectivity index (χ1) is 8.31. The van der Waals surface area contributed by atoms with E-state index in [0.29, 0.717) is 17.8 Å². The zero-order valence-electron chi connectivity index (χ0n) is 10.1. The third-order valence-corrected chi connectivity index (χ3v) is 4.28. The van der Waals surface area contributed by atoms with Crippen LogP contribution in [0.15, 0.2) is 12.4 Å². The summed E-state index contributed by atoms with van der Waals surface area (Å²) in [6.45, 7) is 2.07. The number of aromatic amines is 1. The second kappa shape index (κ2) is 4.17. The van der Waals surface area contributed by atoms with Gasteiger partial charge < -0.3 is 10.3 Å². The number of hydrogen-bond donors (Lipinski definition) is 2. The zero-order valence-corrected chi connectivity index (χ0v) is 10.1.